The van der Waals surface area contributed by atoms with E-state index in [1.54, 1.807) is 4.90 Å². The van der Waals surface area contributed by atoms with Crippen LogP contribution in [-0.2, 0) is 14.3 Å². The van der Waals surface area contributed by atoms with Crippen LogP contribution >= 0.6 is 0 Å². The van der Waals surface area contributed by atoms with Gasteiger partial charge in [0.25, 0.3) is 0 Å². The highest BCUT2D eigenvalue weighted by Crippen LogP contribution is 2.23. The van der Waals surface area contributed by atoms with E-state index in [0.717, 1.165) is 0 Å². The molecule has 2 rings (SSSR count). The van der Waals surface area contributed by atoms with Crippen molar-refractivity contribution in [1.29, 1.82) is 0 Å². The number of carbonyl (C=O) groups excluding carboxylic acids is 2. The number of carbonyl (C=O) groups is 2. The SMILES string of the molecule is CC(C)NC(=O)CC1OC(CNC(=O)N2CCOCC2)C(O)C1O. The second kappa shape index (κ2) is 8.61. The van der Waals surface area contributed by atoms with Gasteiger partial charge in [0.1, 0.15) is 18.3 Å². The highest BCUT2D eigenvalue weighted by molar-refractivity contribution is 5.77. The molecule has 138 valence electrons. The number of nitrogens with zero attached hydrogens (tertiary/aromatic N) is 1. The average Bonchev–Trinajstić information content (AvgIpc) is 2.80. The Bertz CT molecular complexity index is 441. The molecule has 0 saturated carbocycles. The fourth-order valence-corrected chi connectivity index (χ4v) is 2.79. The molecule has 4 atom stereocenters. The number of aliphatic hydroxyl groups excluding tert-OH is 2. The van der Waals surface area contributed by atoms with Gasteiger partial charge in [-0.3, -0.25) is 4.79 Å². The Labute approximate surface area is 141 Å². The summed E-state index contributed by atoms with van der Waals surface area (Å²) < 4.78 is 10.7. The number of rotatable bonds is 5. The quantitative estimate of drug-likeness (QED) is 0.478. The molecule has 2 fully saturated rings. The molecule has 0 aliphatic carbocycles. The van der Waals surface area contributed by atoms with Crippen molar-refractivity contribution in [3.63, 3.8) is 0 Å². The summed E-state index contributed by atoms with van der Waals surface area (Å²) in [5.74, 6) is -0.251. The molecule has 0 aromatic heterocycles. The van der Waals surface area contributed by atoms with Crippen LogP contribution in [0.2, 0.25) is 0 Å². The molecular formula is C15H27N3O6. The van der Waals surface area contributed by atoms with Crippen LogP contribution in [0.3, 0.4) is 0 Å². The second-order valence-corrected chi connectivity index (χ2v) is 6.41. The Kier molecular flexibility index (Phi) is 6.79. The summed E-state index contributed by atoms with van der Waals surface area (Å²) >= 11 is 0. The van der Waals surface area contributed by atoms with E-state index >= 15 is 0 Å². The zero-order chi connectivity index (χ0) is 17.7. The zero-order valence-electron chi connectivity index (χ0n) is 14.1. The lowest BCUT2D eigenvalue weighted by atomic mass is 10.1. The van der Waals surface area contributed by atoms with E-state index < -0.39 is 24.4 Å². The number of hydrogen-bond donors (Lipinski definition) is 4. The number of nitrogens with one attached hydrogen (secondary N) is 2. The standard InChI is InChI=1S/C15H27N3O6/c1-9(2)17-12(19)7-10-13(20)14(21)11(24-10)8-16-15(22)18-3-5-23-6-4-18/h9-11,13-14,20-21H,3-8H2,1-2H3,(H,16,22)(H,17,19). The third kappa shape index (κ3) is 5.04. The van der Waals surface area contributed by atoms with Crippen molar-refractivity contribution in [2.45, 2.75) is 50.7 Å². The Balaban J connectivity index is 1.79. The molecule has 2 heterocycles. The molecule has 2 saturated heterocycles. The predicted molar refractivity (Wildman–Crippen MR) is 84.4 cm³/mol. The van der Waals surface area contributed by atoms with Gasteiger partial charge < -0.3 is 35.2 Å². The minimum Gasteiger partial charge on any atom is -0.388 e. The minimum atomic E-state index is -1.16. The largest absolute Gasteiger partial charge is 0.388 e. The van der Waals surface area contributed by atoms with Crippen LogP contribution in [-0.4, -0.2) is 90.4 Å². The topological polar surface area (TPSA) is 120 Å². The molecule has 0 spiro atoms. The van der Waals surface area contributed by atoms with Crippen molar-refractivity contribution in [2.24, 2.45) is 0 Å². The lowest BCUT2D eigenvalue weighted by molar-refractivity contribution is -0.125. The molecule has 2 aliphatic rings. The summed E-state index contributed by atoms with van der Waals surface area (Å²) in [7, 11) is 0. The third-order valence-electron chi connectivity index (χ3n) is 4.05. The van der Waals surface area contributed by atoms with Crippen molar-refractivity contribution in [2.75, 3.05) is 32.8 Å². The monoisotopic (exact) mass is 345 g/mol. The van der Waals surface area contributed by atoms with Crippen LogP contribution in [0, 0.1) is 0 Å². The highest BCUT2D eigenvalue weighted by atomic mass is 16.5. The highest BCUT2D eigenvalue weighted by Gasteiger charge is 2.43. The lowest BCUT2D eigenvalue weighted by Gasteiger charge is -2.27. The van der Waals surface area contributed by atoms with Crippen LogP contribution in [0.4, 0.5) is 4.79 Å². The van der Waals surface area contributed by atoms with Gasteiger partial charge in [0.15, 0.2) is 0 Å². The summed E-state index contributed by atoms with van der Waals surface area (Å²) in [5.41, 5.74) is 0. The smallest absolute Gasteiger partial charge is 0.317 e. The summed E-state index contributed by atoms with van der Waals surface area (Å²) in [6.07, 6.45) is -3.88. The average molecular weight is 345 g/mol. The first kappa shape index (κ1) is 18.9. The number of morpholine rings is 1. The maximum absolute atomic E-state index is 12.0. The van der Waals surface area contributed by atoms with Crippen molar-refractivity contribution < 1.29 is 29.3 Å². The summed E-state index contributed by atoms with van der Waals surface area (Å²) in [6.45, 7) is 5.77. The molecule has 0 aromatic rings. The first-order valence-electron chi connectivity index (χ1n) is 8.30. The number of aliphatic hydroxyl groups is 2. The molecule has 4 unspecified atom stereocenters. The first-order valence-corrected chi connectivity index (χ1v) is 8.30. The van der Waals surface area contributed by atoms with Crippen molar-refractivity contribution in [1.82, 2.24) is 15.5 Å². The normalized spacial score (nSPS) is 30.5. The number of amides is 3. The van der Waals surface area contributed by atoms with E-state index in [1.807, 2.05) is 13.8 Å². The van der Waals surface area contributed by atoms with Gasteiger partial charge in [-0.15, -0.1) is 0 Å². The molecule has 2 aliphatic heterocycles. The molecule has 24 heavy (non-hydrogen) atoms. The van der Waals surface area contributed by atoms with Crippen molar-refractivity contribution >= 4 is 11.9 Å². The van der Waals surface area contributed by atoms with Gasteiger partial charge in [-0.25, -0.2) is 4.79 Å². The molecule has 0 radical (unpaired) electrons. The summed E-state index contributed by atoms with van der Waals surface area (Å²) in [6, 6.07) is -0.269. The fraction of sp³-hybridized carbons (Fsp3) is 0.867. The van der Waals surface area contributed by atoms with E-state index in [0.29, 0.717) is 26.3 Å². The molecule has 0 aromatic carbocycles. The van der Waals surface area contributed by atoms with E-state index in [9.17, 15) is 19.8 Å². The summed E-state index contributed by atoms with van der Waals surface area (Å²) in [4.78, 5) is 25.4. The molecule has 4 N–H and O–H groups in total. The lowest BCUT2D eigenvalue weighted by Crippen LogP contribution is -2.49. The molecule has 0 bridgehead atoms. The first-order chi connectivity index (χ1) is 11.4. The Morgan fingerprint density at radius 3 is 2.42 bits per heavy atom. The van der Waals surface area contributed by atoms with Crippen LogP contribution in [0.1, 0.15) is 20.3 Å². The third-order valence-corrected chi connectivity index (χ3v) is 4.05. The van der Waals surface area contributed by atoms with Crippen molar-refractivity contribution in [3.05, 3.63) is 0 Å². The van der Waals surface area contributed by atoms with E-state index in [1.165, 1.54) is 0 Å². The maximum atomic E-state index is 12.0. The molecular weight excluding hydrogens is 318 g/mol. The van der Waals surface area contributed by atoms with Gasteiger partial charge in [-0.1, -0.05) is 0 Å². The van der Waals surface area contributed by atoms with Gasteiger partial charge >= 0.3 is 6.03 Å². The minimum absolute atomic E-state index is 0.00965. The second-order valence-electron chi connectivity index (χ2n) is 6.41. The van der Waals surface area contributed by atoms with E-state index in [2.05, 4.69) is 10.6 Å². The van der Waals surface area contributed by atoms with Crippen LogP contribution in [0.25, 0.3) is 0 Å². The van der Waals surface area contributed by atoms with E-state index in [4.69, 9.17) is 9.47 Å². The van der Waals surface area contributed by atoms with Crippen LogP contribution < -0.4 is 10.6 Å². The molecule has 3 amide bonds. The Morgan fingerprint density at radius 2 is 1.79 bits per heavy atom. The zero-order valence-corrected chi connectivity index (χ0v) is 14.1. The fourth-order valence-electron chi connectivity index (χ4n) is 2.79. The maximum Gasteiger partial charge on any atom is 0.317 e. The van der Waals surface area contributed by atoms with E-state index in [-0.39, 0.29) is 30.9 Å². The van der Waals surface area contributed by atoms with Crippen LogP contribution in [0.5, 0.6) is 0 Å². The predicted octanol–water partition coefficient (Wildman–Crippen LogP) is -1.57. The Hall–Kier alpha value is -1.42. The number of ether oxygens (including phenoxy) is 2. The number of hydrogen-bond acceptors (Lipinski definition) is 6. The molecule has 9 nitrogen and oxygen atoms in total. The van der Waals surface area contributed by atoms with Gasteiger partial charge in [0.2, 0.25) is 5.91 Å². The van der Waals surface area contributed by atoms with Crippen molar-refractivity contribution in [3.8, 4) is 0 Å². The van der Waals surface area contributed by atoms with Gasteiger partial charge in [0.05, 0.1) is 25.7 Å². The molecule has 9 heteroatoms. The van der Waals surface area contributed by atoms with Gasteiger partial charge in [-0.05, 0) is 13.8 Å². The Morgan fingerprint density at radius 1 is 1.17 bits per heavy atom. The van der Waals surface area contributed by atoms with Gasteiger partial charge in [-0.2, -0.15) is 0 Å². The summed E-state index contributed by atoms with van der Waals surface area (Å²) in [5, 5.41) is 25.5. The van der Waals surface area contributed by atoms with Gasteiger partial charge in [0, 0.05) is 25.7 Å². The van der Waals surface area contributed by atoms with Crippen LogP contribution in [0.15, 0.2) is 0 Å². The number of urea groups is 1.